The van der Waals surface area contributed by atoms with E-state index in [1.165, 1.54) is 5.56 Å². The van der Waals surface area contributed by atoms with Crippen molar-refractivity contribution in [1.82, 2.24) is 9.55 Å². The predicted octanol–water partition coefficient (Wildman–Crippen LogP) is 3.50. The molecule has 0 spiro atoms. The Morgan fingerprint density at radius 1 is 1.20 bits per heavy atom. The molecule has 1 atom stereocenters. The molecule has 25 heavy (non-hydrogen) atoms. The van der Waals surface area contributed by atoms with Gasteiger partial charge in [0.15, 0.2) is 0 Å². The SMILES string of the molecule is C#CCn1c([C@@H]2CC(=O)N(c3ccc(C)cc3)C2)nc2ccccc21. The van der Waals surface area contributed by atoms with Crippen molar-refractivity contribution in [2.75, 3.05) is 11.4 Å². The Bertz CT molecular complexity index is 979. The summed E-state index contributed by atoms with van der Waals surface area (Å²) in [6, 6.07) is 16.0. The van der Waals surface area contributed by atoms with Gasteiger partial charge in [-0.05, 0) is 31.2 Å². The van der Waals surface area contributed by atoms with E-state index in [0.29, 0.717) is 19.5 Å². The van der Waals surface area contributed by atoms with Crippen molar-refractivity contribution < 1.29 is 4.79 Å². The lowest BCUT2D eigenvalue weighted by Gasteiger charge is -2.17. The highest BCUT2D eigenvalue weighted by molar-refractivity contribution is 5.96. The third-order valence-corrected chi connectivity index (χ3v) is 4.77. The van der Waals surface area contributed by atoms with Crippen LogP contribution in [0.5, 0.6) is 0 Å². The van der Waals surface area contributed by atoms with Crippen LogP contribution in [0.25, 0.3) is 11.0 Å². The molecule has 1 amide bonds. The number of nitrogens with zero attached hydrogens (tertiary/aromatic N) is 3. The Morgan fingerprint density at radius 3 is 2.72 bits per heavy atom. The second-order valence-corrected chi connectivity index (χ2v) is 6.49. The molecule has 124 valence electrons. The fourth-order valence-corrected chi connectivity index (χ4v) is 3.52. The topological polar surface area (TPSA) is 38.1 Å². The maximum Gasteiger partial charge on any atom is 0.227 e. The van der Waals surface area contributed by atoms with Crippen LogP contribution in [0.15, 0.2) is 48.5 Å². The maximum atomic E-state index is 12.6. The summed E-state index contributed by atoms with van der Waals surface area (Å²) in [5, 5.41) is 0. The van der Waals surface area contributed by atoms with Gasteiger partial charge in [-0.15, -0.1) is 6.42 Å². The molecule has 1 aromatic heterocycles. The summed E-state index contributed by atoms with van der Waals surface area (Å²) in [7, 11) is 0. The Morgan fingerprint density at radius 2 is 1.96 bits per heavy atom. The summed E-state index contributed by atoms with van der Waals surface area (Å²) < 4.78 is 2.06. The molecular weight excluding hydrogens is 310 g/mol. The van der Waals surface area contributed by atoms with Gasteiger partial charge in [-0.3, -0.25) is 4.79 Å². The summed E-state index contributed by atoms with van der Waals surface area (Å²) in [5.74, 6) is 3.80. The van der Waals surface area contributed by atoms with E-state index in [4.69, 9.17) is 11.4 Å². The van der Waals surface area contributed by atoms with Crippen LogP contribution in [-0.2, 0) is 11.3 Å². The largest absolute Gasteiger partial charge is 0.316 e. The van der Waals surface area contributed by atoms with Gasteiger partial charge in [0.2, 0.25) is 5.91 Å². The number of aryl methyl sites for hydroxylation is 1. The number of hydrogen-bond acceptors (Lipinski definition) is 2. The summed E-state index contributed by atoms with van der Waals surface area (Å²) in [4.78, 5) is 19.2. The number of imidazole rings is 1. The quantitative estimate of drug-likeness (QED) is 0.690. The molecule has 0 radical (unpaired) electrons. The summed E-state index contributed by atoms with van der Waals surface area (Å²) >= 11 is 0. The number of hydrogen-bond donors (Lipinski definition) is 0. The van der Waals surface area contributed by atoms with E-state index in [0.717, 1.165) is 22.5 Å². The van der Waals surface area contributed by atoms with Crippen LogP contribution in [-0.4, -0.2) is 22.0 Å². The lowest BCUT2D eigenvalue weighted by Crippen LogP contribution is -2.24. The highest BCUT2D eigenvalue weighted by Crippen LogP contribution is 2.33. The molecule has 0 bridgehead atoms. The van der Waals surface area contributed by atoms with Crippen LogP contribution < -0.4 is 4.90 Å². The Balaban J connectivity index is 1.70. The highest BCUT2D eigenvalue weighted by Gasteiger charge is 2.34. The fourth-order valence-electron chi connectivity index (χ4n) is 3.52. The van der Waals surface area contributed by atoms with Gasteiger partial charge in [-0.1, -0.05) is 35.7 Å². The molecule has 0 saturated carbocycles. The van der Waals surface area contributed by atoms with Crippen LogP contribution in [0.4, 0.5) is 5.69 Å². The van der Waals surface area contributed by atoms with E-state index >= 15 is 0 Å². The van der Waals surface area contributed by atoms with Gasteiger partial charge in [0.1, 0.15) is 5.82 Å². The molecule has 0 N–H and O–H groups in total. The van der Waals surface area contributed by atoms with E-state index < -0.39 is 0 Å². The lowest BCUT2D eigenvalue weighted by atomic mass is 10.1. The van der Waals surface area contributed by atoms with Crippen molar-refractivity contribution >= 4 is 22.6 Å². The van der Waals surface area contributed by atoms with Crippen molar-refractivity contribution in [3.05, 3.63) is 59.9 Å². The van der Waals surface area contributed by atoms with E-state index in [1.54, 1.807) is 0 Å². The minimum Gasteiger partial charge on any atom is -0.316 e. The van der Waals surface area contributed by atoms with Crippen molar-refractivity contribution in [2.45, 2.75) is 25.8 Å². The molecule has 4 heteroatoms. The van der Waals surface area contributed by atoms with Crippen LogP contribution in [0.2, 0.25) is 0 Å². The number of aromatic nitrogens is 2. The maximum absolute atomic E-state index is 12.6. The molecule has 1 aliphatic rings. The molecule has 1 saturated heterocycles. The Kier molecular flexibility index (Phi) is 3.77. The smallest absolute Gasteiger partial charge is 0.227 e. The Hall–Kier alpha value is -3.06. The number of terminal acetylenes is 1. The first-order chi connectivity index (χ1) is 12.2. The molecule has 3 aromatic rings. The number of carbonyl (C=O) groups is 1. The van der Waals surface area contributed by atoms with E-state index in [2.05, 4.69) is 10.5 Å². The average Bonchev–Trinajstić information content (AvgIpc) is 3.17. The Labute approximate surface area is 147 Å². The normalized spacial score (nSPS) is 17.2. The van der Waals surface area contributed by atoms with Crippen LogP contribution in [0.3, 0.4) is 0 Å². The van der Waals surface area contributed by atoms with Crippen molar-refractivity contribution in [3.8, 4) is 12.3 Å². The monoisotopic (exact) mass is 329 g/mol. The van der Waals surface area contributed by atoms with Crippen molar-refractivity contribution in [1.29, 1.82) is 0 Å². The van der Waals surface area contributed by atoms with E-state index in [-0.39, 0.29) is 11.8 Å². The summed E-state index contributed by atoms with van der Waals surface area (Å²) in [5.41, 5.74) is 4.08. The summed E-state index contributed by atoms with van der Waals surface area (Å²) in [6.07, 6.45) is 6.02. The zero-order valence-corrected chi connectivity index (χ0v) is 14.1. The number of carbonyl (C=O) groups excluding carboxylic acids is 1. The molecule has 4 rings (SSSR count). The third kappa shape index (κ3) is 2.68. The van der Waals surface area contributed by atoms with Gasteiger partial charge in [-0.2, -0.15) is 0 Å². The fraction of sp³-hybridized carbons (Fsp3) is 0.238. The molecule has 2 aromatic carbocycles. The standard InChI is InChI=1S/C21H19N3O/c1-3-12-23-19-7-5-4-6-18(19)22-21(23)16-13-20(25)24(14-16)17-10-8-15(2)9-11-17/h1,4-11,16H,12-14H2,2H3/t16-/m1/s1. The van der Waals surface area contributed by atoms with Crippen LogP contribution in [0, 0.1) is 19.3 Å². The minimum absolute atomic E-state index is 0.0505. The number of benzene rings is 2. The number of anilines is 1. The number of rotatable bonds is 3. The van der Waals surface area contributed by atoms with Gasteiger partial charge < -0.3 is 9.47 Å². The van der Waals surface area contributed by atoms with Crippen molar-refractivity contribution in [3.63, 3.8) is 0 Å². The van der Waals surface area contributed by atoms with Crippen LogP contribution in [0.1, 0.15) is 23.7 Å². The number of para-hydroxylation sites is 2. The minimum atomic E-state index is 0.0505. The molecule has 0 unspecified atom stereocenters. The zero-order chi connectivity index (χ0) is 17.4. The third-order valence-electron chi connectivity index (χ3n) is 4.77. The van der Waals surface area contributed by atoms with E-state index in [9.17, 15) is 4.79 Å². The highest BCUT2D eigenvalue weighted by atomic mass is 16.2. The molecular formula is C21H19N3O. The first-order valence-corrected chi connectivity index (χ1v) is 8.43. The van der Waals surface area contributed by atoms with Crippen molar-refractivity contribution in [2.24, 2.45) is 0 Å². The van der Waals surface area contributed by atoms with Gasteiger partial charge in [0.05, 0.1) is 17.6 Å². The second kappa shape index (κ2) is 6.10. The summed E-state index contributed by atoms with van der Waals surface area (Å²) in [6.45, 7) is 3.14. The molecule has 2 heterocycles. The van der Waals surface area contributed by atoms with Gasteiger partial charge in [-0.25, -0.2) is 4.98 Å². The lowest BCUT2D eigenvalue weighted by molar-refractivity contribution is -0.117. The first-order valence-electron chi connectivity index (χ1n) is 8.43. The molecule has 0 aliphatic carbocycles. The average molecular weight is 329 g/mol. The number of amides is 1. The van der Waals surface area contributed by atoms with Gasteiger partial charge >= 0.3 is 0 Å². The zero-order valence-electron chi connectivity index (χ0n) is 14.1. The first kappa shape index (κ1) is 15.5. The van der Waals surface area contributed by atoms with E-state index in [1.807, 2.05) is 60.4 Å². The molecule has 4 nitrogen and oxygen atoms in total. The molecule has 1 aliphatic heterocycles. The van der Waals surface area contributed by atoms with Gasteiger partial charge in [0.25, 0.3) is 0 Å². The second-order valence-electron chi connectivity index (χ2n) is 6.49. The number of fused-ring (bicyclic) bond motifs is 1. The predicted molar refractivity (Wildman–Crippen MR) is 99.5 cm³/mol. The molecule has 1 fully saturated rings. The van der Waals surface area contributed by atoms with Crippen LogP contribution >= 0.6 is 0 Å². The van der Waals surface area contributed by atoms with Gasteiger partial charge in [0, 0.05) is 24.6 Å².